The Morgan fingerprint density at radius 2 is 1.67 bits per heavy atom. The highest BCUT2D eigenvalue weighted by atomic mass is 35.5. The van der Waals surface area contributed by atoms with Gasteiger partial charge in [-0.05, 0) is 52.2 Å². The lowest BCUT2D eigenvalue weighted by molar-refractivity contribution is -0.127. The molecule has 0 aliphatic carbocycles. The maximum Gasteiger partial charge on any atom is 0.410 e. The zero-order chi connectivity index (χ0) is 23.9. The fraction of sp³-hybridized carbons (Fsp3) is 0.609. The smallest absolute Gasteiger partial charge is 0.410 e. The number of carbonyl (C=O) groups is 2. The molecule has 33 heavy (non-hydrogen) atoms. The van der Waals surface area contributed by atoms with Crippen LogP contribution in [0, 0.1) is 0 Å². The number of amides is 2. The van der Waals surface area contributed by atoms with Crippen LogP contribution in [0.3, 0.4) is 0 Å². The van der Waals surface area contributed by atoms with E-state index >= 15 is 0 Å². The maximum atomic E-state index is 13.5. The number of ether oxygens (including phenoxy) is 1. The molecule has 4 rings (SSSR count). The summed E-state index contributed by atoms with van der Waals surface area (Å²) in [6, 6.07) is 3.38. The van der Waals surface area contributed by atoms with E-state index in [1.165, 1.54) is 0 Å². The first kappa shape index (κ1) is 24.0. The Bertz CT molecular complexity index is 1130. The van der Waals surface area contributed by atoms with Crippen LogP contribution in [0.1, 0.15) is 52.5 Å². The first-order valence-corrected chi connectivity index (χ1v) is 12.2. The van der Waals surface area contributed by atoms with Gasteiger partial charge in [0.25, 0.3) is 0 Å². The van der Waals surface area contributed by atoms with Crippen molar-refractivity contribution in [1.82, 2.24) is 18.9 Å². The summed E-state index contributed by atoms with van der Waals surface area (Å²) in [7, 11) is 0. The van der Waals surface area contributed by atoms with Gasteiger partial charge in [-0.1, -0.05) is 23.2 Å². The zero-order valence-electron chi connectivity index (χ0n) is 19.3. The Labute approximate surface area is 203 Å². The van der Waals surface area contributed by atoms with Crippen molar-refractivity contribution in [2.45, 2.75) is 64.6 Å². The number of fused-ring (bicyclic) bond motifs is 1. The molecule has 1 aromatic carbocycles. The molecule has 2 aliphatic rings. The van der Waals surface area contributed by atoms with Gasteiger partial charge in [-0.25, -0.2) is 9.59 Å². The van der Waals surface area contributed by atoms with Crippen LogP contribution in [0.2, 0.25) is 10.0 Å². The Balaban J connectivity index is 1.59. The van der Waals surface area contributed by atoms with Gasteiger partial charge >= 0.3 is 11.8 Å². The summed E-state index contributed by atoms with van der Waals surface area (Å²) in [4.78, 5) is 41.5. The zero-order valence-corrected chi connectivity index (χ0v) is 20.8. The largest absolute Gasteiger partial charge is 0.444 e. The van der Waals surface area contributed by atoms with Crippen molar-refractivity contribution < 1.29 is 14.3 Å². The molecule has 8 nitrogen and oxygen atoms in total. The van der Waals surface area contributed by atoms with E-state index in [0.717, 1.165) is 18.5 Å². The molecule has 0 bridgehead atoms. The second kappa shape index (κ2) is 9.22. The molecule has 0 saturated carbocycles. The Hall–Kier alpha value is -2.19. The predicted molar refractivity (Wildman–Crippen MR) is 128 cm³/mol. The number of hydrogen-bond donors (Lipinski definition) is 0. The minimum atomic E-state index is -0.551. The van der Waals surface area contributed by atoms with E-state index < -0.39 is 5.60 Å². The molecule has 2 aromatic rings. The van der Waals surface area contributed by atoms with Gasteiger partial charge in [0.05, 0.1) is 21.1 Å². The van der Waals surface area contributed by atoms with Gasteiger partial charge in [-0.3, -0.25) is 13.9 Å². The third-order valence-electron chi connectivity index (χ3n) is 6.25. The molecule has 10 heteroatoms. The number of halogens is 2. The number of carbonyl (C=O) groups excluding carboxylic acids is 2. The monoisotopic (exact) mass is 496 g/mol. The van der Waals surface area contributed by atoms with Crippen LogP contribution in [0.25, 0.3) is 11.0 Å². The normalized spacial score (nSPS) is 17.9. The van der Waals surface area contributed by atoms with Gasteiger partial charge in [-0.2, -0.15) is 0 Å². The summed E-state index contributed by atoms with van der Waals surface area (Å²) in [6.07, 6.45) is 2.34. The van der Waals surface area contributed by atoms with E-state index in [9.17, 15) is 14.4 Å². The molecule has 180 valence electrons. The maximum absolute atomic E-state index is 13.5. The summed E-state index contributed by atoms with van der Waals surface area (Å²) >= 11 is 12.6. The van der Waals surface area contributed by atoms with Gasteiger partial charge < -0.3 is 14.5 Å². The first-order valence-electron chi connectivity index (χ1n) is 11.4. The van der Waals surface area contributed by atoms with Crippen LogP contribution in [0.15, 0.2) is 16.9 Å². The average Bonchev–Trinajstić information content (AvgIpc) is 3.26. The van der Waals surface area contributed by atoms with Gasteiger partial charge in [0.1, 0.15) is 5.60 Å². The number of benzene rings is 1. The van der Waals surface area contributed by atoms with E-state index in [4.69, 9.17) is 27.9 Å². The fourth-order valence-electron chi connectivity index (χ4n) is 4.63. The molecular formula is C23H30Cl2N4O4. The Kier molecular flexibility index (Phi) is 6.69. The van der Waals surface area contributed by atoms with Crippen molar-refractivity contribution in [3.8, 4) is 0 Å². The standard InChI is InChI=1S/C23H30Cl2N4O4/c1-23(2,3)33-22(32)27-9-6-15(7-10-27)29-19-14-17(25)16(24)13-18(19)28(21(29)31)12-11-26-8-4-5-20(26)30/h13-15H,4-12H2,1-3H3. The van der Waals surface area contributed by atoms with Crippen LogP contribution in [-0.4, -0.2) is 62.7 Å². The molecule has 0 spiro atoms. The van der Waals surface area contributed by atoms with E-state index in [-0.39, 0.29) is 23.7 Å². The second-order valence-electron chi connectivity index (χ2n) is 9.74. The highest BCUT2D eigenvalue weighted by Gasteiger charge is 2.30. The minimum Gasteiger partial charge on any atom is -0.444 e. The minimum absolute atomic E-state index is 0.0782. The molecule has 2 fully saturated rings. The molecule has 2 aliphatic heterocycles. The topological polar surface area (TPSA) is 76.8 Å². The second-order valence-corrected chi connectivity index (χ2v) is 10.6. The summed E-state index contributed by atoms with van der Waals surface area (Å²) in [5.74, 6) is 0.127. The SMILES string of the molecule is CC(C)(C)OC(=O)N1CCC(n2c(=O)n(CCN3CCCC3=O)c3cc(Cl)c(Cl)cc32)CC1. The molecule has 0 N–H and O–H groups in total. The van der Waals surface area contributed by atoms with Crippen molar-refractivity contribution in [2.24, 2.45) is 0 Å². The molecule has 3 heterocycles. The summed E-state index contributed by atoms with van der Waals surface area (Å²) in [5, 5.41) is 0.767. The predicted octanol–water partition coefficient (Wildman–Crippen LogP) is 4.30. The number of hydrogen-bond acceptors (Lipinski definition) is 4. The first-order chi connectivity index (χ1) is 15.5. The summed E-state index contributed by atoms with van der Waals surface area (Å²) in [5.41, 5.74) is 0.726. The number of aromatic nitrogens is 2. The Morgan fingerprint density at radius 3 is 2.24 bits per heavy atom. The van der Waals surface area contributed by atoms with Crippen LogP contribution in [0.4, 0.5) is 4.79 Å². The van der Waals surface area contributed by atoms with E-state index in [1.807, 2.05) is 20.8 Å². The number of nitrogens with zero attached hydrogens (tertiary/aromatic N) is 4. The lowest BCUT2D eigenvalue weighted by Crippen LogP contribution is -2.43. The van der Waals surface area contributed by atoms with Gasteiger partial charge in [0.15, 0.2) is 0 Å². The van der Waals surface area contributed by atoms with Gasteiger partial charge in [0, 0.05) is 45.2 Å². The van der Waals surface area contributed by atoms with Crippen LogP contribution in [-0.2, 0) is 16.1 Å². The quantitative estimate of drug-likeness (QED) is 0.631. The lowest BCUT2D eigenvalue weighted by Gasteiger charge is -2.33. The Morgan fingerprint density at radius 1 is 1.03 bits per heavy atom. The van der Waals surface area contributed by atoms with Crippen LogP contribution >= 0.6 is 23.2 Å². The third-order valence-corrected chi connectivity index (χ3v) is 6.97. The van der Waals surface area contributed by atoms with Crippen molar-refractivity contribution in [2.75, 3.05) is 26.2 Å². The molecule has 0 atom stereocenters. The van der Waals surface area contributed by atoms with E-state index in [2.05, 4.69) is 0 Å². The number of piperidine rings is 1. The molecule has 1 aromatic heterocycles. The summed E-state index contributed by atoms with van der Waals surface area (Å²) < 4.78 is 8.94. The fourth-order valence-corrected chi connectivity index (χ4v) is 4.95. The summed E-state index contributed by atoms with van der Waals surface area (Å²) in [6.45, 7) is 8.13. The molecular weight excluding hydrogens is 467 g/mol. The van der Waals surface area contributed by atoms with E-state index in [1.54, 1.807) is 31.1 Å². The lowest BCUT2D eigenvalue weighted by atomic mass is 10.0. The molecule has 2 amide bonds. The number of likely N-dealkylation sites (tertiary alicyclic amines) is 2. The van der Waals surface area contributed by atoms with Crippen molar-refractivity contribution in [3.05, 3.63) is 32.7 Å². The van der Waals surface area contributed by atoms with Crippen molar-refractivity contribution in [1.29, 1.82) is 0 Å². The van der Waals surface area contributed by atoms with Crippen molar-refractivity contribution >= 4 is 46.2 Å². The average molecular weight is 497 g/mol. The van der Waals surface area contributed by atoms with Gasteiger partial charge in [-0.15, -0.1) is 0 Å². The highest BCUT2D eigenvalue weighted by molar-refractivity contribution is 6.42. The third kappa shape index (κ3) is 5.01. The van der Waals surface area contributed by atoms with Crippen molar-refractivity contribution in [3.63, 3.8) is 0 Å². The molecule has 0 unspecified atom stereocenters. The number of imidazole rings is 1. The van der Waals surface area contributed by atoms with Gasteiger partial charge in [0.2, 0.25) is 5.91 Å². The number of rotatable bonds is 4. The molecule has 0 radical (unpaired) electrons. The highest BCUT2D eigenvalue weighted by Crippen LogP contribution is 2.32. The van der Waals surface area contributed by atoms with E-state index in [0.29, 0.717) is 61.0 Å². The molecule has 2 saturated heterocycles. The van der Waals surface area contributed by atoms with Crippen LogP contribution < -0.4 is 5.69 Å². The van der Waals surface area contributed by atoms with Crippen LogP contribution in [0.5, 0.6) is 0 Å².